The Hall–Kier alpha value is -2.90. The Morgan fingerprint density at radius 3 is 2.50 bits per heavy atom. The fourth-order valence-corrected chi connectivity index (χ4v) is 3.98. The summed E-state index contributed by atoms with van der Waals surface area (Å²) in [4.78, 5) is 4.87. The van der Waals surface area contributed by atoms with Crippen molar-refractivity contribution in [3.05, 3.63) is 59.5 Å². The van der Waals surface area contributed by atoms with Crippen LogP contribution < -0.4 is 9.47 Å². The lowest BCUT2D eigenvalue weighted by molar-refractivity contribution is 0.0875. The van der Waals surface area contributed by atoms with E-state index in [0.29, 0.717) is 18.6 Å². The maximum atomic E-state index is 5.99. The predicted octanol–water partition coefficient (Wildman–Crippen LogP) is 3.65. The van der Waals surface area contributed by atoms with Crippen molar-refractivity contribution in [3.8, 4) is 23.0 Å². The quantitative estimate of drug-likeness (QED) is 0.641. The van der Waals surface area contributed by atoms with E-state index >= 15 is 0 Å². The Morgan fingerprint density at radius 2 is 1.70 bits per heavy atom. The van der Waals surface area contributed by atoms with E-state index in [1.807, 2.05) is 18.2 Å². The third kappa shape index (κ3) is 3.91. The first-order valence-corrected chi connectivity index (χ1v) is 10.4. The van der Waals surface area contributed by atoms with Gasteiger partial charge in [-0.1, -0.05) is 23.8 Å². The van der Waals surface area contributed by atoms with Crippen molar-refractivity contribution in [2.75, 3.05) is 33.0 Å². The van der Waals surface area contributed by atoms with Crippen molar-refractivity contribution in [3.63, 3.8) is 0 Å². The Balaban J connectivity index is 1.18. The molecule has 0 radical (unpaired) electrons. The van der Waals surface area contributed by atoms with Gasteiger partial charge in [-0.15, -0.1) is 10.2 Å². The van der Waals surface area contributed by atoms with Crippen LogP contribution in [0.1, 0.15) is 30.0 Å². The Kier molecular flexibility index (Phi) is 5.14. The maximum absolute atomic E-state index is 5.99. The second kappa shape index (κ2) is 8.08. The molecule has 1 saturated heterocycles. The molecule has 0 spiro atoms. The molecule has 7 nitrogen and oxygen atoms in total. The molecule has 1 atom stereocenters. The summed E-state index contributed by atoms with van der Waals surface area (Å²) in [6.07, 6.45) is 0. The van der Waals surface area contributed by atoms with Gasteiger partial charge >= 0.3 is 0 Å². The van der Waals surface area contributed by atoms with Gasteiger partial charge in [0.1, 0.15) is 0 Å². The summed E-state index contributed by atoms with van der Waals surface area (Å²) in [5, 5.41) is 8.57. The van der Waals surface area contributed by atoms with Gasteiger partial charge in [0.05, 0.1) is 6.04 Å². The summed E-state index contributed by atoms with van der Waals surface area (Å²) in [7, 11) is 0. The molecule has 2 aliphatic rings. The molecular weight excluding hydrogens is 380 g/mol. The second-order valence-corrected chi connectivity index (χ2v) is 7.99. The van der Waals surface area contributed by atoms with Gasteiger partial charge in [-0.2, -0.15) is 0 Å². The molecule has 0 saturated carbocycles. The molecule has 7 heteroatoms. The number of benzene rings is 2. The monoisotopic (exact) mass is 406 g/mol. The van der Waals surface area contributed by atoms with Gasteiger partial charge < -0.3 is 13.9 Å². The number of rotatable bonds is 5. The average molecular weight is 406 g/mol. The number of ether oxygens (including phenoxy) is 2. The summed E-state index contributed by atoms with van der Waals surface area (Å²) < 4.78 is 16.9. The molecule has 30 heavy (non-hydrogen) atoms. The van der Waals surface area contributed by atoms with Crippen molar-refractivity contribution < 1.29 is 13.9 Å². The van der Waals surface area contributed by atoms with Crippen LogP contribution >= 0.6 is 0 Å². The number of aryl methyl sites for hydroxylation is 1. The highest BCUT2D eigenvalue weighted by atomic mass is 16.7. The third-order valence-electron chi connectivity index (χ3n) is 5.89. The van der Waals surface area contributed by atoms with Crippen LogP contribution in [0.15, 0.2) is 46.9 Å². The van der Waals surface area contributed by atoms with Crippen LogP contribution in [-0.4, -0.2) is 53.0 Å². The van der Waals surface area contributed by atoms with E-state index in [-0.39, 0.29) is 6.04 Å². The molecule has 1 unspecified atom stereocenters. The van der Waals surface area contributed by atoms with Crippen molar-refractivity contribution in [2.24, 2.45) is 0 Å². The number of hydrogen-bond acceptors (Lipinski definition) is 7. The molecule has 5 rings (SSSR count). The van der Waals surface area contributed by atoms with E-state index in [9.17, 15) is 0 Å². The third-order valence-corrected chi connectivity index (χ3v) is 5.89. The first kappa shape index (κ1) is 19.1. The molecule has 0 N–H and O–H groups in total. The first-order valence-electron chi connectivity index (χ1n) is 10.4. The lowest BCUT2D eigenvalue weighted by Crippen LogP contribution is -2.46. The van der Waals surface area contributed by atoms with Crippen LogP contribution in [-0.2, 0) is 6.54 Å². The van der Waals surface area contributed by atoms with Gasteiger partial charge in [0, 0.05) is 38.3 Å². The van der Waals surface area contributed by atoms with Crippen molar-refractivity contribution in [1.82, 2.24) is 20.0 Å². The zero-order valence-electron chi connectivity index (χ0n) is 17.4. The van der Waals surface area contributed by atoms with E-state index in [2.05, 4.69) is 58.1 Å². The Labute approximate surface area is 176 Å². The minimum atomic E-state index is 0.101. The van der Waals surface area contributed by atoms with E-state index in [1.54, 1.807) is 0 Å². The molecule has 0 bridgehead atoms. The van der Waals surface area contributed by atoms with Crippen LogP contribution in [0.5, 0.6) is 11.5 Å². The van der Waals surface area contributed by atoms with Crippen molar-refractivity contribution in [2.45, 2.75) is 26.4 Å². The molecule has 3 heterocycles. The maximum Gasteiger partial charge on any atom is 0.247 e. The molecular formula is C23H26N4O3. The number of piperazine rings is 1. The van der Waals surface area contributed by atoms with E-state index < -0.39 is 0 Å². The lowest BCUT2D eigenvalue weighted by Gasteiger charge is -2.36. The fraction of sp³-hybridized carbons (Fsp3) is 0.391. The Morgan fingerprint density at radius 1 is 0.933 bits per heavy atom. The van der Waals surface area contributed by atoms with Gasteiger partial charge in [0.25, 0.3) is 0 Å². The fourth-order valence-electron chi connectivity index (χ4n) is 3.98. The van der Waals surface area contributed by atoms with Crippen LogP contribution in [0.2, 0.25) is 0 Å². The largest absolute Gasteiger partial charge is 0.454 e. The van der Waals surface area contributed by atoms with Gasteiger partial charge in [-0.05, 0) is 43.7 Å². The summed E-state index contributed by atoms with van der Waals surface area (Å²) in [5.41, 5.74) is 3.42. The summed E-state index contributed by atoms with van der Waals surface area (Å²) in [6.45, 7) is 9.36. The molecule has 0 aliphatic carbocycles. The summed E-state index contributed by atoms with van der Waals surface area (Å²) in [5.74, 6) is 2.94. The van der Waals surface area contributed by atoms with E-state index in [1.165, 1.54) is 11.1 Å². The highest BCUT2D eigenvalue weighted by Gasteiger charge is 2.26. The van der Waals surface area contributed by atoms with Gasteiger partial charge in [0.2, 0.25) is 18.6 Å². The summed E-state index contributed by atoms with van der Waals surface area (Å²) in [6, 6.07) is 14.5. The van der Waals surface area contributed by atoms with Crippen LogP contribution in [0.4, 0.5) is 0 Å². The normalized spacial score (nSPS) is 17.9. The van der Waals surface area contributed by atoms with Gasteiger partial charge in [0.15, 0.2) is 11.5 Å². The molecule has 2 aliphatic heterocycles. The zero-order chi connectivity index (χ0) is 20.5. The lowest BCUT2D eigenvalue weighted by atomic mass is 10.1. The minimum Gasteiger partial charge on any atom is -0.454 e. The predicted molar refractivity (Wildman–Crippen MR) is 112 cm³/mol. The van der Waals surface area contributed by atoms with Gasteiger partial charge in [-0.3, -0.25) is 9.80 Å². The number of hydrogen-bond donors (Lipinski definition) is 0. The van der Waals surface area contributed by atoms with Crippen LogP contribution in [0.25, 0.3) is 11.5 Å². The Bertz CT molecular complexity index is 1010. The molecule has 1 fully saturated rings. The molecule has 0 amide bonds. The highest BCUT2D eigenvalue weighted by Crippen LogP contribution is 2.33. The second-order valence-electron chi connectivity index (χ2n) is 7.99. The number of aromatic nitrogens is 2. The molecule has 3 aromatic rings. The minimum absolute atomic E-state index is 0.101. The summed E-state index contributed by atoms with van der Waals surface area (Å²) >= 11 is 0. The number of nitrogens with zero attached hydrogens (tertiary/aromatic N) is 4. The highest BCUT2D eigenvalue weighted by molar-refractivity contribution is 5.52. The molecule has 156 valence electrons. The number of fused-ring (bicyclic) bond motifs is 1. The topological polar surface area (TPSA) is 63.9 Å². The SMILES string of the molecule is Cc1ccc(-c2nnc(C(C)N3CCN(Cc4ccc5c(c4)OCO5)CC3)o2)cc1. The molecule has 2 aromatic carbocycles. The van der Waals surface area contributed by atoms with Crippen LogP contribution in [0, 0.1) is 6.92 Å². The standard InChI is InChI=1S/C23H26N4O3/c1-16-3-6-19(7-4-16)23-25-24-22(30-23)17(2)27-11-9-26(10-12-27)14-18-5-8-20-21(13-18)29-15-28-20/h3-8,13,17H,9-12,14-15H2,1-2H3. The van der Waals surface area contributed by atoms with Crippen molar-refractivity contribution in [1.29, 1.82) is 0 Å². The zero-order valence-corrected chi connectivity index (χ0v) is 17.4. The smallest absolute Gasteiger partial charge is 0.247 e. The van der Waals surface area contributed by atoms with E-state index in [4.69, 9.17) is 13.9 Å². The first-order chi connectivity index (χ1) is 14.7. The van der Waals surface area contributed by atoms with Crippen molar-refractivity contribution >= 4 is 0 Å². The molecule has 1 aromatic heterocycles. The average Bonchev–Trinajstić information content (AvgIpc) is 3.44. The van der Waals surface area contributed by atoms with Crippen LogP contribution in [0.3, 0.4) is 0 Å². The van der Waals surface area contributed by atoms with Gasteiger partial charge in [-0.25, -0.2) is 0 Å². The van der Waals surface area contributed by atoms with E-state index in [0.717, 1.165) is 49.8 Å².